The molecule has 1 fully saturated rings. The van der Waals surface area contributed by atoms with Crippen molar-refractivity contribution in [1.29, 1.82) is 0 Å². The van der Waals surface area contributed by atoms with Gasteiger partial charge >= 0.3 is 0 Å². The maximum absolute atomic E-state index is 13.5. The van der Waals surface area contributed by atoms with Crippen molar-refractivity contribution < 1.29 is 18.7 Å². The Balaban J connectivity index is 1.53. The molecule has 3 rings (SSSR count). The minimum atomic E-state index is -0.564. The highest BCUT2D eigenvalue weighted by molar-refractivity contribution is 5.93. The number of likely N-dealkylation sites (tertiary alicyclic amines) is 1. The van der Waals surface area contributed by atoms with Crippen LogP contribution in [0.25, 0.3) is 0 Å². The number of unbranched alkanes of at least 4 members (excludes halogenated alkanes) is 1. The Labute approximate surface area is 241 Å². The largest absolute Gasteiger partial charge is 0.380 e. The summed E-state index contributed by atoms with van der Waals surface area (Å²) in [5.41, 5.74) is 1.20. The molecule has 1 aromatic carbocycles. The molecule has 10 nitrogen and oxygen atoms in total. The number of nitrogens with one attached hydrogen (secondary N) is 3. The maximum Gasteiger partial charge on any atom is 0.247 e. The van der Waals surface area contributed by atoms with Crippen molar-refractivity contribution in [3.05, 3.63) is 54.0 Å². The van der Waals surface area contributed by atoms with Gasteiger partial charge in [0.25, 0.3) is 0 Å². The first kappa shape index (κ1) is 31.5. The van der Waals surface area contributed by atoms with Crippen LogP contribution in [0.5, 0.6) is 0 Å². The van der Waals surface area contributed by atoms with Crippen molar-refractivity contribution in [3.63, 3.8) is 0 Å². The standard InChI is InChI=1S/C30H40FN7O3/c1-5-15-32-28-22(20-34-30(36-28)35-24-13-9-12-23(31)18-24)11-7-6-8-16-33-29(40)26-19-25(41-4)21-38(26)27(39)14-10-17-37(2)3/h9-10,12-14,18,20,25-26H,5-6,8,15-17,19,21H2,1-4H3,(H,33,40)(H2,32,34,35,36)/t25-,26+/m1/s1. The van der Waals surface area contributed by atoms with Gasteiger partial charge in [-0.25, -0.2) is 9.37 Å². The van der Waals surface area contributed by atoms with Crippen LogP contribution in [0, 0.1) is 17.7 Å². The molecule has 2 atom stereocenters. The lowest BCUT2D eigenvalue weighted by molar-refractivity contribution is -0.135. The Hall–Kier alpha value is -4.01. The molecule has 0 spiro atoms. The number of amides is 2. The van der Waals surface area contributed by atoms with Crippen LogP contribution in [0.1, 0.15) is 38.2 Å². The number of methoxy groups -OCH3 is 1. The van der Waals surface area contributed by atoms with E-state index in [1.165, 1.54) is 18.2 Å². The monoisotopic (exact) mass is 565 g/mol. The fourth-order valence-corrected chi connectivity index (χ4v) is 4.19. The first-order valence-corrected chi connectivity index (χ1v) is 13.9. The van der Waals surface area contributed by atoms with E-state index in [9.17, 15) is 14.0 Å². The van der Waals surface area contributed by atoms with Gasteiger partial charge in [0.15, 0.2) is 0 Å². The molecule has 0 saturated carbocycles. The quantitative estimate of drug-likeness (QED) is 0.193. The minimum absolute atomic E-state index is 0.170. The van der Waals surface area contributed by atoms with E-state index in [4.69, 9.17) is 4.74 Å². The molecule has 1 saturated heterocycles. The molecule has 2 amide bonds. The van der Waals surface area contributed by atoms with Crippen LogP contribution < -0.4 is 16.0 Å². The summed E-state index contributed by atoms with van der Waals surface area (Å²) >= 11 is 0. The molecule has 1 aliphatic heterocycles. The number of hydrogen-bond donors (Lipinski definition) is 3. The number of ether oxygens (including phenoxy) is 1. The van der Waals surface area contributed by atoms with Gasteiger partial charge in [-0.1, -0.05) is 30.9 Å². The zero-order valence-electron chi connectivity index (χ0n) is 24.2. The number of carbonyl (C=O) groups is 2. The molecule has 220 valence electrons. The lowest BCUT2D eigenvalue weighted by Gasteiger charge is -2.22. The van der Waals surface area contributed by atoms with Crippen molar-refractivity contribution >= 4 is 29.3 Å². The normalized spacial score (nSPS) is 16.5. The molecule has 3 N–H and O–H groups in total. The first-order chi connectivity index (χ1) is 19.8. The number of halogens is 1. The SMILES string of the molecule is CCCNc1nc(Nc2cccc(F)c2)ncc1C#CCCCNC(=O)[C@@H]1C[C@@H](OC)CN1C(=O)C=CCN(C)C. The average molecular weight is 566 g/mol. The number of likely N-dealkylation sites (N-methyl/N-ethyl adjacent to an activating group) is 1. The fraction of sp³-hybridized carbons (Fsp3) is 0.467. The zero-order chi connectivity index (χ0) is 29.6. The summed E-state index contributed by atoms with van der Waals surface area (Å²) in [6, 6.07) is 5.53. The highest BCUT2D eigenvalue weighted by Gasteiger charge is 2.38. The van der Waals surface area contributed by atoms with Gasteiger partial charge in [-0.15, -0.1) is 0 Å². The number of benzene rings is 1. The van der Waals surface area contributed by atoms with E-state index in [2.05, 4.69) is 44.7 Å². The van der Waals surface area contributed by atoms with Crippen molar-refractivity contribution in [2.45, 2.75) is 44.8 Å². The van der Waals surface area contributed by atoms with Gasteiger partial charge < -0.3 is 30.5 Å². The van der Waals surface area contributed by atoms with Crippen LogP contribution in [-0.4, -0.2) is 91.1 Å². The Morgan fingerprint density at radius 3 is 2.85 bits per heavy atom. The van der Waals surface area contributed by atoms with Crippen LogP contribution in [0.15, 0.2) is 42.6 Å². The first-order valence-electron chi connectivity index (χ1n) is 13.9. The van der Waals surface area contributed by atoms with Gasteiger partial charge in [-0.3, -0.25) is 9.59 Å². The van der Waals surface area contributed by atoms with Crippen molar-refractivity contribution in [3.8, 4) is 11.8 Å². The Kier molecular flexibility index (Phi) is 12.5. The minimum Gasteiger partial charge on any atom is -0.380 e. The smallest absolute Gasteiger partial charge is 0.247 e. The highest BCUT2D eigenvalue weighted by Crippen LogP contribution is 2.21. The Morgan fingerprint density at radius 2 is 2.12 bits per heavy atom. The number of carbonyl (C=O) groups excluding carboxylic acids is 2. The van der Waals surface area contributed by atoms with Gasteiger partial charge in [0.05, 0.1) is 17.9 Å². The topological polar surface area (TPSA) is 112 Å². The van der Waals surface area contributed by atoms with Gasteiger partial charge in [-0.05, 0) is 45.1 Å². The third-order valence-electron chi connectivity index (χ3n) is 6.33. The summed E-state index contributed by atoms with van der Waals surface area (Å²) < 4.78 is 18.9. The van der Waals surface area contributed by atoms with Crippen molar-refractivity contribution in [2.24, 2.45) is 0 Å². The summed E-state index contributed by atoms with van der Waals surface area (Å²) in [6.07, 6.45) is 7.34. The van der Waals surface area contributed by atoms with Crippen LogP contribution in [0.4, 0.5) is 21.8 Å². The molecule has 0 radical (unpaired) electrons. The Morgan fingerprint density at radius 1 is 1.29 bits per heavy atom. The summed E-state index contributed by atoms with van der Waals surface area (Å²) in [6.45, 7) is 4.24. The predicted octanol–water partition coefficient (Wildman–Crippen LogP) is 3.16. The molecule has 1 aliphatic rings. The van der Waals surface area contributed by atoms with E-state index in [0.29, 0.717) is 68.5 Å². The lowest BCUT2D eigenvalue weighted by atomic mass is 10.1. The zero-order valence-corrected chi connectivity index (χ0v) is 24.2. The summed E-state index contributed by atoms with van der Waals surface area (Å²) in [4.78, 5) is 38.0. The van der Waals surface area contributed by atoms with E-state index >= 15 is 0 Å². The number of aromatic nitrogens is 2. The molecule has 2 aromatic rings. The van der Waals surface area contributed by atoms with E-state index in [1.807, 2.05) is 19.0 Å². The van der Waals surface area contributed by atoms with Gasteiger partial charge in [0.1, 0.15) is 17.7 Å². The fourth-order valence-electron chi connectivity index (χ4n) is 4.19. The molecule has 2 heterocycles. The number of nitrogens with zero attached hydrogens (tertiary/aromatic N) is 4. The number of anilines is 3. The van der Waals surface area contributed by atoms with E-state index in [0.717, 1.165) is 6.42 Å². The Bertz CT molecular complexity index is 1260. The second-order valence-electron chi connectivity index (χ2n) is 9.98. The molecule has 41 heavy (non-hydrogen) atoms. The van der Waals surface area contributed by atoms with Crippen LogP contribution in [0.3, 0.4) is 0 Å². The highest BCUT2D eigenvalue weighted by atomic mass is 19.1. The summed E-state index contributed by atoms with van der Waals surface area (Å²) in [5, 5.41) is 9.21. The van der Waals surface area contributed by atoms with Crippen LogP contribution in [-0.2, 0) is 14.3 Å². The number of rotatable bonds is 13. The van der Waals surface area contributed by atoms with Crippen LogP contribution >= 0.6 is 0 Å². The molecular formula is C30H40FN7O3. The van der Waals surface area contributed by atoms with E-state index in [1.54, 1.807) is 36.4 Å². The van der Waals surface area contributed by atoms with Gasteiger partial charge in [0, 0.05) is 57.9 Å². The molecule has 0 bridgehead atoms. The van der Waals surface area contributed by atoms with E-state index in [-0.39, 0.29) is 23.7 Å². The third-order valence-corrected chi connectivity index (χ3v) is 6.33. The molecule has 0 unspecified atom stereocenters. The van der Waals surface area contributed by atoms with Crippen molar-refractivity contribution in [1.82, 2.24) is 25.1 Å². The molecule has 11 heteroatoms. The molecular weight excluding hydrogens is 525 g/mol. The second kappa shape index (κ2) is 16.3. The van der Waals surface area contributed by atoms with Crippen LogP contribution in [0.2, 0.25) is 0 Å². The third kappa shape index (κ3) is 10.2. The average Bonchev–Trinajstić information content (AvgIpc) is 3.39. The number of hydrogen-bond acceptors (Lipinski definition) is 8. The summed E-state index contributed by atoms with van der Waals surface area (Å²) in [5.74, 6) is 6.44. The maximum atomic E-state index is 13.5. The van der Waals surface area contributed by atoms with Crippen molar-refractivity contribution in [2.75, 3.05) is 58.0 Å². The van der Waals surface area contributed by atoms with Gasteiger partial charge in [0.2, 0.25) is 17.8 Å². The molecule has 0 aliphatic carbocycles. The summed E-state index contributed by atoms with van der Waals surface area (Å²) in [7, 11) is 5.44. The van der Waals surface area contributed by atoms with E-state index < -0.39 is 6.04 Å². The molecule has 1 aromatic heterocycles. The predicted molar refractivity (Wildman–Crippen MR) is 158 cm³/mol. The lowest BCUT2D eigenvalue weighted by Crippen LogP contribution is -2.45. The van der Waals surface area contributed by atoms with Gasteiger partial charge in [-0.2, -0.15) is 4.98 Å². The second-order valence-corrected chi connectivity index (χ2v) is 9.98.